The second kappa shape index (κ2) is 5.09. The van der Waals surface area contributed by atoms with Gasteiger partial charge in [-0.2, -0.15) is 0 Å². The summed E-state index contributed by atoms with van der Waals surface area (Å²) in [4.78, 5) is 0. The Bertz CT molecular complexity index is 952. The van der Waals surface area contributed by atoms with Crippen molar-refractivity contribution in [1.82, 2.24) is 0 Å². The van der Waals surface area contributed by atoms with Gasteiger partial charge in [0.05, 0.1) is 0 Å². The van der Waals surface area contributed by atoms with Gasteiger partial charge in [-0.15, -0.1) is 0 Å². The van der Waals surface area contributed by atoms with Crippen LogP contribution in [0.1, 0.15) is 37.8 Å². The molecule has 0 fully saturated rings. The van der Waals surface area contributed by atoms with Crippen molar-refractivity contribution in [3.63, 3.8) is 0 Å². The van der Waals surface area contributed by atoms with E-state index >= 15 is 0 Å². The van der Waals surface area contributed by atoms with Crippen molar-refractivity contribution in [2.24, 2.45) is 0 Å². The molecule has 0 nitrogen and oxygen atoms in total. The van der Waals surface area contributed by atoms with E-state index in [0.717, 1.165) is 12.8 Å². The van der Waals surface area contributed by atoms with Crippen LogP contribution in [-0.2, 0) is 5.41 Å². The normalized spacial score (nSPS) is 20.1. The minimum absolute atomic E-state index is 0.0579. The van der Waals surface area contributed by atoms with E-state index < -0.39 is 0 Å². The summed E-state index contributed by atoms with van der Waals surface area (Å²) in [6, 6.07) is 13.4. The van der Waals surface area contributed by atoms with Crippen molar-refractivity contribution in [1.29, 1.82) is 0 Å². The topological polar surface area (TPSA) is 0 Å². The molecular formula is C23H22. The molecule has 0 spiro atoms. The van der Waals surface area contributed by atoms with E-state index in [4.69, 9.17) is 0 Å². The number of allylic oxidation sites excluding steroid dienone is 4. The molecule has 2 aliphatic rings. The molecule has 0 amide bonds. The van der Waals surface area contributed by atoms with Crippen LogP contribution in [0.2, 0.25) is 0 Å². The van der Waals surface area contributed by atoms with Gasteiger partial charge in [0.15, 0.2) is 0 Å². The van der Waals surface area contributed by atoms with E-state index in [1.165, 1.54) is 38.3 Å². The van der Waals surface area contributed by atoms with Crippen molar-refractivity contribution < 1.29 is 0 Å². The Kier molecular flexibility index (Phi) is 3.16. The summed E-state index contributed by atoms with van der Waals surface area (Å²) in [6.45, 7) is 9.12. The van der Waals surface area contributed by atoms with Crippen LogP contribution >= 0.6 is 0 Å². The molecule has 2 aliphatic carbocycles. The SMILES string of the molecule is C=c1c2c(ccc1=C1C=CC=CCC1)C(C)(C)c1ccccc1-2. The molecule has 0 radical (unpaired) electrons. The Morgan fingerprint density at radius 3 is 2.65 bits per heavy atom. The predicted molar refractivity (Wildman–Crippen MR) is 99.7 cm³/mol. The van der Waals surface area contributed by atoms with Gasteiger partial charge in [-0.1, -0.05) is 81.1 Å². The molecule has 0 heterocycles. The molecule has 0 atom stereocenters. The smallest absolute Gasteiger partial charge is 0.0159 e. The highest BCUT2D eigenvalue weighted by Gasteiger charge is 2.35. The lowest BCUT2D eigenvalue weighted by molar-refractivity contribution is 0.660. The zero-order chi connectivity index (χ0) is 16.0. The van der Waals surface area contributed by atoms with E-state index in [9.17, 15) is 0 Å². The van der Waals surface area contributed by atoms with Crippen LogP contribution in [-0.4, -0.2) is 0 Å². The second-order valence-corrected chi connectivity index (χ2v) is 7.04. The maximum Gasteiger partial charge on any atom is 0.0159 e. The van der Waals surface area contributed by atoms with Crippen molar-refractivity contribution in [3.05, 3.63) is 82.3 Å². The molecular weight excluding hydrogens is 276 g/mol. The Labute approximate surface area is 138 Å². The summed E-state index contributed by atoms with van der Waals surface area (Å²) >= 11 is 0. The Hall–Kier alpha value is -2.34. The summed E-state index contributed by atoms with van der Waals surface area (Å²) in [5.41, 5.74) is 6.98. The zero-order valence-electron chi connectivity index (χ0n) is 13.9. The quantitative estimate of drug-likeness (QED) is 0.673. The van der Waals surface area contributed by atoms with E-state index in [0.29, 0.717) is 0 Å². The average Bonchev–Trinajstić information content (AvgIpc) is 2.74. The minimum Gasteiger partial charge on any atom is -0.0905 e. The van der Waals surface area contributed by atoms with Crippen LogP contribution < -0.4 is 10.4 Å². The van der Waals surface area contributed by atoms with Crippen LogP contribution in [0.4, 0.5) is 0 Å². The maximum atomic E-state index is 4.49. The standard InChI is InChI=1S/C23H22/c1-16-18(17-10-6-4-5-7-11-17)14-15-21-22(16)19-12-8-9-13-20(19)23(21,2)3/h4-6,8-10,12-15H,1,7,11H2,2-3H3. The van der Waals surface area contributed by atoms with Gasteiger partial charge in [0.25, 0.3) is 0 Å². The van der Waals surface area contributed by atoms with E-state index in [1.807, 2.05) is 0 Å². The van der Waals surface area contributed by atoms with Gasteiger partial charge in [-0.05, 0) is 51.1 Å². The molecule has 114 valence electrons. The Morgan fingerprint density at radius 1 is 0.957 bits per heavy atom. The molecule has 0 heteroatoms. The summed E-state index contributed by atoms with van der Waals surface area (Å²) in [5, 5.41) is 2.48. The summed E-state index contributed by atoms with van der Waals surface area (Å²) in [6.07, 6.45) is 10.9. The molecule has 0 aliphatic heterocycles. The van der Waals surface area contributed by atoms with Crippen LogP contribution in [0.5, 0.6) is 0 Å². The van der Waals surface area contributed by atoms with Gasteiger partial charge < -0.3 is 0 Å². The fraction of sp³-hybridized carbons (Fsp3) is 0.217. The first-order valence-corrected chi connectivity index (χ1v) is 8.39. The van der Waals surface area contributed by atoms with Gasteiger partial charge in [0.1, 0.15) is 0 Å². The van der Waals surface area contributed by atoms with Gasteiger partial charge in [0.2, 0.25) is 0 Å². The summed E-state index contributed by atoms with van der Waals surface area (Å²) in [7, 11) is 0. The first-order chi connectivity index (χ1) is 11.1. The number of rotatable bonds is 0. The van der Waals surface area contributed by atoms with Crippen molar-refractivity contribution in [2.45, 2.75) is 32.1 Å². The van der Waals surface area contributed by atoms with Crippen LogP contribution in [0.25, 0.3) is 23.3 Å². The highest BCUT2D eigenvalue weighted by molar-refractivity contribution is 5.81. The highest BCUT2D eigenvalue weighted by Crippen LogP contribution is 2.46. The average molecular weight is 298 g/mol. The second-order valence-electron chi connectivity index (χ2n) is 7.04. The zero-order valence-corrected chi connectivity index (χ0v) is 13.9. The molecule has 2 aromatic rings. The molecule has 0 saturated carbocycles. The van der Waals surface area contributed by atoms with E-state index in [1.54, 1.807) is 0 Å². The largest absolute Gasteiger partial charge is 0.0905 e. The lowest BCUT2D eigenvalue weighted by atomic mass is 9.82. The lowest BCUT2D eigenvalue weighted by Gasteiger charge is -2.21. The molecule has 0 unspecified atom stereocenters. The van der Waals surface area contributed by atoms with Crippen molar-refractivity contribution in [2.75, 3.05) is 0 Å². The highest BCUT2D eigenvalue weighted by atomic mass is 14.4. The number of fused-ring (bicyclic) bond motifs is 3. The minimum atomic E-state index is 0.0579. The first-order valence-electron chi connectivity index (χ1n) is 8.39. The van der Waals surface area contributed by atoms with Gasteiger partial charge in [0, 0.05) is 5.41 Å². The van der Waals surface area contributed by atoms with E-state index in [2.05, 4.69) is 81.1 Å². The molecule has 0 aromatic heterocycles. The molecule has 0 N–H and O–H groups in total. The van der Waals surface area contributed by atoms with Gasteiger partial charge >= 0.3 is 0 Å². The predicted octanol–water partition coefficient (Wildman–Crippen LogP) is 4.46. The fourth-order valence-electron chi connectivity index (χ4n) is 4.06. The third kappa shape index (κ3) is 2.05. The molecule has 0 saturated heterocycles. The Morgan fingerprint density at radius 2 is 1.78 bits per heavy atom. The van der Waals surface area contributed by atoms with Crippen molar-refractivity contribution >= 4 is 12.2 Å². The van der Waals surface area contributed by atoms with E-state index in [-0.39, 0.29) is 5.41 Å². The van der Waals surface area contributed by atoms with Crippen LogP contribution in [0, 0.1) is 0 Å². The lowest BCUT2D eigenvalue weighted by Crippen LogP contribution is -2.29. The first kappa shape index (κ1) is 14.3. The molecule has 23 heavy (non-hydrogen) atoms. The summed E-state index contributed by atoms with van der Waals surface area (Å²) < 4.78 is 0. The monoisotopic (exact) mass is 298 g/mol. The van der Waals surface area contributed by atoms with Gasteiger partial charge in [-0.3, -0.25) is 0 Å². The molecule has 2 aromatic carbocycles. The van der Waals surface area contributed by atoms with Crippen LogP contribution in [0.15, 0.2) is 60.7 Å². The molecule has 0 bridgehead atoms. The van der Waals surface area contributed by atoms with Crippen LogP contribution in [0.3, 0.4) is 0 Å². The number of hydrogen-bond acceptors (Lipinski definition) is 0. The third-order valence-electron chi connectivity index (χ3n) is 5.33. The molecule has 4 rings (SSSR count). The number of hydrogen-bond donors (Lipinski definition) is 0. The van der Waals surface area contributed by atoms with Crippen molar-refractivity contribution in [3.8, 4) is 11.1 Å². The summed E-state index contributed by atoms with van der Waals surface area (Å²) in [5.74, 6) is 0. The fourth-order valence-corrected chi connectivity index (χ4v) is 4.06. The maximum absolute atomic E-state index is 4.49. The van der Waals surface area contributed by atoms with Gasteiger partial charge in [-0.25, -0.2) is 0 Å². The Balaban J connectivity index is 2.06. The third-order valence-corrected chi connectivity index (χ3v) is 5.33. The number of benzene rings is 2.